The third-order valence-corrected chi connectivity index (χ3v) is 4.19. The Morgan fingerprint density at radius 3 is 2.31 bits per heavy atom. The van der Waals surface area contributed by atoms with E-state index >= 15 is 0 Å². The molecule has 4 unspecified atom stereocenters. The Balaban J connectivity index is 2.55. The second kappa shape index (κ2) is 4.00. The van der Waals surface area contributed by atoms with Gasteiger partial charge in [-0.2, -0.15) is 0 Å². The van der Waals surface area contributed by atoms with E-state index in [9.17, 15) is 5.11 Å². The molecule has 78 valence electrons. The summed E-state index contributed by atoms with van der Waals surface area (Å²) < 4.78 is 0. The molecular weight excluding hydrogens is 160 g/mol. The van der Waals surface area contributed by atoms with Crippen LogP contribution >= 0.6 is 0 Å². The molecule has 0 aromatic carbocycles. The third kappa shape index (κ3) is 2.46. The lowest BCUT2D eigenvalue weighted by Gasteiger charge is -2.40. The molecule has 0 radical (unpaired) electrons. The fraction of sp³-hybridized carbons (Fsp3) is 1.00. The number of aliphatic hydroxyl groups is 1. The summed E-state index contributed by atoms with van der Waals surface area (Å²) in [5.41, 5.74) is -0.422. The van der Waals surface area contributed by atoms with Crippen LogP contribution in [0.5, 0.6) is 0 Å². The van der Waals surface area contributed by atoms with Gasteiger partial charge in [0.25, 0.3) is 0 Å². The van der Waals surface area contributed by atoms with Gasteiger partial charge in [-0.3, -0.25) is 0 Å². The topological polar surface area (TPSA) is 20.2 Å². The minimum atomic E-state index is -0.422. The standard InChI is InChI=1S/C12H24O/c1-5-12(4,13)11-7-6-9(2)10(3)8-11/h9-11,13H,5-8H2,1-4H3. The number of hydrogen-bond donors (Lipinski definition) is 1. The molecule has 1 fully saturated rings. The molecule has 1 heteroatoms. The minimum Gasteiger partial charge on any atom is -0.390 e. The maximum absolute atomic E-state index is 10.2. The quantitative estimate of drug-likeness (QED) is 0.698. The molecule has 1 aliphatic rings. The van der Waals surface area contributed by atoms with Gasteiger partial charge in [0.05, 0.1) is 5.60 Å². The Morgan fingerprint density at radius 2 is 1.85 bits per heavy atom. The summed E-state index contributed by atoms with van der Waals surface area (Å²) in [5.74, 6) is 2.17. The van der Waals surface area contributed by atoms with Gasteiger partial charge in [-0.25, -0.2) is 0 Å². The van der Waals surface area contributed by atoms with Crippen molar-refractivity contribution in [1.29, 1.82) is 0 Å². The van der Waals surface area contributed by atoms with Crippen LogP contribution in [0.15, 0.2) is 0 Å². The van der Waals surface area contributed by atoms with Gasteiger partial charge < -0.3 is 5.11 Å². The lowest BCUT2D eigenvalue weighted by molar-refractivity contribution is -0.0347. The van der Waals surface area contributed by atoms with Crippen molar-refractivity contribution in [3.05, 3.63) is 0 Å². The van der Waals surface area contributed by atoms with Crippen LogP contribution in [0.1, 0.15) is 53.4 Å². The number of rotatable bonds is 2. The zero-order valence-electron chi connectivity index (χ0n) is 9.51. The van der Waals surface area contributed by atoms with Crippen molar-refractivity contribution in [2.75, 3.05) is 0 Å². The molecule has 0 heterocycles. The van der Waals surface area contributed by atoms with Crippen LogP contribution in [-0.4, -0.2) is 10.7 Å². The van der Waals surface area contributed by atoms with Crippen molar-refractivity contribution < 1.29 is 5.11 Å². The van der Waals surface area contributed by atoms with E-state index in [1.807, 2.05) is 6.92 Å². The van der Waals surface area contributed by atoms with Crippen LogP contribution < -0.4 is 0 Å². The van der Waals surface area contributed by atoms with Gasteiger partial charge in [0.1, 0.15) is 0 Å². The number of hydrogen-bond acceptors (Lipinski definition) is 1. The molecular formula is C12H24O. The maximum atomic E-state index is 10.2. The largest absolute Gasteiger partial charge is 0.390 e. The molecule has 1 saturated carbocycles. The fourth-order valence-electron chi connectivity index (χ4n) is 2.40. The molecule has 1 nitrogen and oxygen atoms in total. The van der Waals surface area contributed by atoms with Crippen LogP contribution in [0, 0.1) is 17.8 Å². The van der Waals surface area contributed by atoms with Crippen molar-refractivity contribution in [1.82, 2.24) is 0 Å². The summed E-state index contributed by atoms with van der Waals surface area (Å²) >= 11 is 0. The molecule has 4 atom stereocenters. The smallest absolute Gasteiger partial charge is 0.0645 e. The Labute approximate surface area is 82.5 Å². The van der Waals surface area contributed by atoms with Crippen molar-refractivity contribution in [3.63, 3.8) is 0 Å². The molecule has 0 aromatic rings. The van der Waals surface area contributed by atoms with Crippen LogP contribution in [-0.2, 0) is 0 Å². The van der Waals surface area contributed by atoms with E-state index in [0.717, 1.165) is 18.3 Å². The first-order valence-electron chi connectivity index (χ1n) is 5.69. The van der Waals surface area contributed by atoms with Gasteiger partial charge >= 0.3 is 0 Å². The highest BCUT2D eigenvalue weighted by Crippen LogP contribution is 2.39. The van der Waals surface area contributed by atoms with E-state index in [1.54, 1.807) is 0 Å². The summed E-state index contributed by atoms with van der Waals surface area (Å²) in [6.45, 7) is 8.74. The molecule has 1 aliphatic carbocycles. The second-order valence-electron chi connectivity index (χ2n) is 5.18. The van der Waals surface area contributed by atoms with E-state index in [0.29, 0.717) is 5.92 Å². The highest BCUT2D eigenvalue weighted by molar-refractivity contribution is 4.86. The van der Waals surface area contributed by atoms with Crippen molar-refractivity contribution >= 4 is 0 Å². The molecule has 0 amide bonds. The van der Waals surface area contributed by atoms with E-state index in [1.165, 1.54) is 19.3 Å². The molecule has 0 saturated heterocycles. The van der Waals surface area contributed by atoms with Crippen molar-refractivity contribution in [2.45, 2.75) is 59.0 Å². The van der Waals surface area contributed by atoms with Crippen LogP contribution in [0.4, 0.5) is 0 Å². The molecule has 0 aliphatic heterocycles. The zero-order chi connectivity index (χ0) is 10.1. The zero-order valence-corrected chi connectivity index (χ0v) is 9.51. The molecule has 1 rings (SSSR count). The molecule has 1 N–H and O–H groups in total. The van der Waals surface area contributed by atoms with Gasteiger partial charge in [-0.15, -0.1) is 0 Å². The van der Waals surface area contributed by atoms with E-state index in [4.69, 9.17) is 0 Å². The first-order valence-corrected chi connectivity index (χ1v) is 5.69. The van der Waals surface area contributed by atoms with Gasteiger partial charge in [0, 0.05) is 0 Å². The molecule has 0 aromatic heterocycles. The summed E-state index contributed by atoms with van der Waals surface area (Å²) in [6, 6.07) is 0. The highest BCUT2D eigenvalue weighted by Gasteiger charge is 2.35. The van der Waals surface area contributed by atoms with Crippen LogP contribution in [0.2, 0.25) is 0 Å². The average molecular weight is 184 g/mol. The molecule has 0 spiro atoms. The SMILES string of the molecule is CCC(C)(O)C1CCC(C)C(C)C1. The van der Waals surface area contributed by atoms with Gasteiger partial charge in [0.2, 0.25) is 0 Å². The first-order chi connectivity index (χ1) is 5.97. The Morgan fingerprint density at radius 1 is 1.23 bits per heavy atom. The Bertz CT molecular complexity index is 163. The van der Waals surface area contributed by atoms with Crippen molar-refractivity contribution in [3.8, 4) is 0 Å². The second-order valence-corrected chi connectivity index (χ2v) is 5.18. The fourth-order valence-corrected chi connectivity index (χ4v) is 2.40. The van der Waals surface area contributed by atoms with Crippen LogP contribution in [0.25, 0.3) is 0 Å². The third-order valence-electron chi connectivity index (χ3n) is 4.19. The first kappa shape index (κ1) is 11.0. The Kier molecular flexibility index (Phi) is 3.39. The monoisotopic (exact) mass is 184 g/mol. The summed E-state index contributed by atoms with van der Waals surface area (Å²) in [4.78, 5) is 0. The molecule has 13 heavy (non-hydrogen) atoms. The predicted molar refractivity (Wildman–Crippen MR) is 56.6 cm³/mol. The van der Waals surface area contributed by atoms with E-state index in [2.05, 4.69) is 20.8 Å². The van der Waals surface area contributed by atoms with Crippen molar-refractivity contribution in [2.24, 2.45) is 17.8 Å². The summed E-state index contributed by atoms with van der Waals surface area (Å²) in [5, 5.41) is 10.2. The van der Waals surface area contributed by atoms with Gasteiger partial charge in [0.15, 0.2) is 0 Å². The Hall–Kier alpha value is -0.0400. The lowest BCUT2D eigenvalue weighted by atomic mass is 9.69. The molecule has 0 bridgehead atoms. The predicted octanol–water partition coefficient (Wildman–Crippen LogP) is 3.22. The highest BCUT2D eigenvalue weighted by atomic mass is 16.3. The van der Waals surface area contributed by atoms with Crippen LogP contribution in [0.3, 0.4) is 0 Å². The maximum Gasteiger partial charge on any atom is 0.0645 e. The van der Waals surface area contributed by atoms with Gasteiger partial charge in [-0.1, -0.05) is 27.2 Å². The van der Waals surface area contributed by atoms with E-state index in [-0.39, 0.29) is 0 Å². The lowest BCUT2D eigenvalue weighted by Crippen LogP contribution is -2.38. The minimum absolute atomic E-state index is 0.422. The summed E-state index contributed by atoms with van der Waals surface area (Å²) in [6.07, 6.45) is 4.61. The summed E-state index contributed by atoms with van der Waals surface area (Å²) in [7, 11) is 0. The van der Waals surface area contributed by atoms with Gasteiger partial charge in [-0.05, 0) is 43.9 Å². The average Bonchev–Trinajstić information content (AvgIpc) is 2.09. The van der Waals surface area contributed by atoms with E-state index < -0.39 is 5.60 Å². The normalized spacial score (nSPS) is 39.9.